The molecule has 0 fully saturated rings. The number of esters is 1. The van der Waals surface area contributed by atoms with Gasteiger partial charge in [0.05, 0.1) is 12.2 Å². The maximum Gasteiger partial charge on any atom is 0.330 e. The van der Waals surface area contributed by atoms with Crippen LogP contribution in [0.1, 0.15) is 18.2 Å². The summed E-state index contributed by atoms with van der Waals surface area (Å²) in [7, 11) is 0. The zero-order valence-electron chi connectivity index (χ0n) is 11.1. The van der Waals surface area contributed by atoms with E-state index in [-0.39, 0.29) is 22.9 Å². The van der Waals surface area contributed by atoms with E-state index in [4.69, 9.17) is 16.3 Å². The van der Waals surface area contributed by atoms with Crippen LogP contribution in [0.15, 0.2) is 29.1 Å². The highest BCUT2D eigenvalue weighted by molar-refractivity contribution is 6.31. The van der Waals surface area contributed by atoms with E-state index in [1.807, 2.05) is 0 Å². The lowest BCUT2D eigenvalue weighted by Gasteiger charge is -2.06. The number of pyridine rings is 1. The van der Waals surface area contributed by atoms with Gasteiger partial charge >= 0.3 is 5.97 Å². The van der Waals surface area contributed by atoms with Gasteiger partial charge in [-0.3, -0.25) is 9.20 Å². The molecule has 2 aromatic heterocycles. The number of nitrogens with zero attached hydrogens (tertiary/aromatic N) is 2. The molecule has 2 aromatic rings. The number of carbonyl (C=O) groups is 1. The summed E-state index contributed by atoms with van der Waals surface area (Å²) in [6.45, 7) is 3.77. The number of halogens is 1. The van der Waals surface area contributed by atoms with Crippen LogP contribution in [0, 0.1) is 6.92 Å². The van der Waals surface area contributed by atoms with E-state index in [1.165, 1.54) is 16.6 Å². The van der Waals surface area contributed by atoms with E-state index >= 15 is 0 Å². The first-order valence-corrected chi connectivity index (χ1v) is 6.45. The van der Waals surface area contributed by atoms with Crippen LogP contribution >= 0.6 is 11.6 Å². The number of hydrogen-bond acceptors (Lipinski definition) is 4. The van der Waals surface area contributed by atoms with Gasteiger partial charge in [0.15, 0.2) is 0 Å². The molecule has 104 valence electrons. The molecule has 2 rings (SSSR count). The van der Waals surface area contributed by atoms with Crippen molar-refractivity contribution in [2.45, 2.75) is 13.8 Å². The first-order valence-electron chi connectivity index (χ1n) is 6.07. The minimum absolute atomic E-state index is 0.0566. The summed E-state index contributed by atoms with van der Waals surface area (Å²) < 4.78 is 6.20. The van der Waals surface area contributed by atoms with Crippen molar-refractivity contribution in [3.63, 3.8) is 0 Å². The van der Waals surface area contributed by atoms with E-state index in [0.29, 0.717) is 5.65 Å². The molecule has 0 unspecified atom stereocenters. The quantitative estimate of drug-likeness (QED) is 0.494. The van der Waals surface area contributed by atoms with Crippen molar-refractivity contribution in [1.29, 1.82) is 0 Å². The van der Waals surface area contributed by atoms with Gasteiger partial charge in [-0.15, -0.1) is 0 Å². The first-order chi connectivity index (χ1) is 9.54. The second-order valence-electron chi connectivity index (χ2n) is 4.07. The van der Waals surface area contributed by atoms with Crippen LogP contribution in [0.5, 0.6) is 0 Å². The van der Waals surface area contributed by atoms with Gasteiger partial charge in [0.25, 0.3) is 5.56 Å². The Bertz CT molecular complexity index is 750. The van der Waals surface area contributed by atoms with E-state index in [2.05, 4.69) is 4.98 Å². The highest BCUT2D eigenvalue weighted by atomic mass is 35.5. The van der Waals surface area contributed by atoms with Gasteiger partial charge in [0, 0.05) is 11.8 Å². The Balaban J connectivity index is 2.57. The van der Waals surface area contributed by atoms with Crippen LogP contribution in [0.3, 0.4) is 0 Å². The van der Waals surface area contributed by atoms with Crippen LogP contribution in [0.25, 0.3) is 11.7 Å². The smallest absolute Gasteiger partial charge is 0.330 e. The number of carbonyl (C=O) groups excluding carboxylic acids is 1. The topological polar surface area (TPSA) is 60.7 Å². The van der Waals surface area contributed by atoms with Crippen molar-refractivity contribution >= 4 is 29.3 Å². The first kappa shape index (κ1) is 14.3. The van der Waals surface area contributed by atoms with Crippen LogP contribution in [0.2, 0.25) is 5.15 Å². The monoisotopic (exact) mass is 292 g/mol. The lowest BCUT2D eigenvalue weighted by molar-refractivity contribution is -0.137. The highest BCUT2D eigenvalue weighted by Crippen LogP contribution is 2.13. The molecule has 0 spiro atoms. The fraction of sp³-hybridized carbons (Fsp3) is 0.214. The summed E-state index contributed by atoms with van der Waals surface area (Å²) in [5, 5.41) is 0.0566. The Morgan fingerprint density at radius 1 is 1.50 bits per heavy atom. The largest absolute Gasteiger partial charge is 0.463 e. The normalized spacial score (nSPS) is 11.2. The Hall–Kier alpha value is -2.14. The van der Waals surface area contributed by atoms with Crippen LogP contribution < -0.4 is 5.56 Å². The molecule has 20 heavy (non-hydrogen) atoms. The number of aryl methyl sites for hydroxylation is 1. The van der Waals surface area contributed by atoms with Crippen molar-refractivity contribution in [2.75, 3.05) is 6.61 Å². The van der Waals surface area contributed by atoms with Crippen LogP contribution in [0.4, 0.5) is 0 Å². The average Bonchev–Trinajstić information content (AvgIpc) is 2.38. The standard InChI is InChI=1S/C14H13ClN2O3/c1-3-20-12(18)8-7-10-13(15)16-11-6-4-5-9(2)17(11)14(10)19/h4-8H,3H2,1-2H3/b8-7+. The SMILES string of the molecule is CCOC(=O)/C=C/c1c(Cl)nc2cccc(C)n2c1=O. The van der Waals surface area contributed by atoms with Crippen molar-refractivity contribution in [3.05, 3.63) is 51.0 Å². The zero-order chi connectivity index (χ0) is 14.7. The number of hydrogen-bond donors (Lipinski definition) is 0. The molecule has 0 saturated carbocycles. The molecular weight excluding hydrogens is 280 g/mol. The predicted molar refractivity (Wildman–Crippen MR) is 76.9 cm³/mol. The summed E-state index contributed by atoms with van der Waals surface area (Å²) in [6.07, 6.45) is 2.49. The lowest BCUT2D eigenvalue weighted by atomic mass is 10.2. The van der Waals surface area contributed by atoms with Crippen molar-refractivity contribution in [2.24, 2.45) is 0 Å². The fourth-order valence-corrected chi connectivity index (χ4v) is 2.04. The van der Waals surface area contributed by atoms with E-state index < -0.39 is 5.97 Å². The molecule has 0 aliphatic rings. The fourth-order valence-electron chi connectivity index (χ4n) is 1.81. The number of ether oxygens (including phenoxy) is 1. The van der Waals surface area contributed by atoms with Gasteiger partial charge in [0.2, 0.25) is 0 Å². The Morgan fingerprint density at radius 3 is 2.95 bits per heavy atom. The molecule has 0 saturated heterocycles. The second kappa shape index (κ2) is 5.88. The average molecular weight is 293 g/mol. The summed E-state index contributed by atoms with van der Waals surface area (Å²) in [5.41, 5.74) is 1.04. The van der Waals surface area contributed by atoms with E-state index in [9.17, 15) is 9.59 Å². The van der Waals surface area contributed by atoms with Gasteiger partial charge in [-0.2, -0.15) is 0 Å². The zero-order valence-corrected chi connectivity index (χ0v) is 11.8. The second-order valence-corrected chi connectivity index (χ2v) is 4.43. The lowest BCUT2D eigenvalue weighted by Crippen LogP contribution is -2.20. The highest BCUT2D eigenvalue weighted by Gasteiger charge is 2.10. The maximum absolute atomic E-state index is 12.4. The Morgan fingerprint density at radius 2 is 2.25 bits per heavy atom. The van der Waals surface area contributed by atoms with Gasteiger partial charge < -0.3 is 4.74 Å². The number of aromatic nitrogens is 2. The van der Waals surface area contributed by atoms with Gasteiger partial charge in [-0.1, -0.05) is 17.7 Å². The molecule has 0 aromatic carbocycles. The molecule has 0 radical (unpaired) electrons. The summed E-state index contributed by atoms with van der Waals surface area (Å²) in [6, 6.07) is 5.28. The minimum Gasteiger partial charge on any atom is -0.463 e. The van der Waals surface area contributed by atoms with Crippen LogP contribution in [-0.4, -0.2) is 22.0 Å². The molecule has 0 N–H and O–H groups in total. The Kier molecular flexibility index (Phi) is 4.20. The molecule has 0 bridgehead atoms. The molecule has 2 heterocycles. The number of fused-ring (bicyclic) bond motifs is 1. The van der Waals surface area contributed by atoms with Gasteiger partial charge in [-0.05, 0) is 32.1 Å². The maximum atomic E-state index is 12.4. The van der Waals surface area contributed by atoms with Crippen LogP contribution in [-0.2, 0) is 9.53 Å². The molecule has 0 amide bonds. The number of rotatable bonds is 3. The molecule has 6 heteroatoms. The summed E-state index contributed by atoms with van der Waals surface area (Å²) in [5.74, 6) is -0.530. The third-order valence-electron chi connectivity index (χ3n) is 2.71. The van der Waals surface area contributed by atoms with E-state index in [1.54, 1.807) is 32.0 Å². The molecule has 5 nitrogen and oxygen atoms in total. The van der Waals surface area contributed by atoms with Crippen molar-refractivity contribution < 1.29 is 9.53 Å². The Labute approximate surface area is 120 Å². The van der Waals surface area contributed by atoms with Gasteiger partial charge in [0.1, 0.15) is 10.8 Å². The molecule has 0 aliphatic carbocycles. The minimum atomic E-state index is -0.530. The van der Waals surface area contributed by atoms with Gasteiger partial charge in [-0.25, -0.2) is 9.78 Å². The third-order valence-corrected chi connectivity index (χ3v) is 2.99. The molecule has 0 atom stereocenters. The third kappa shape index (κ3) is 2.72. The van der Waals surface area contributed by atoms with E-state index in [0.717, 1.165) is 5.69 Å². The van der Waals surface area contributed by atoms with Crippen molar-refractivity contribution in [3.8, 4) is 0 Å². The molecular formula is C14H13ClN2O3. The summed E-state index contributed by atoms with van der Waals surface area (Å²) >= 11 is 5.99. The summed E-state index contributed by atoms with van der Waals surface area (Å²) in [4.78, 5) is 27.8. The van der Waals surface area contributed by atoms with Crippen molar-refractivity contribution in [1.82, 2.24) is 9.38 Å². The predicted octanol–water partition coefficient (Wildman–Crippen LogP) is 2.23. The molecule has 0 aliphatic heterocycles.